The average Bonchev–Trinajstić information content (AvgIpc) is 2.84. The van der Waals surface area contributed by atoms with Crippen LogP contribution in [0.15, 0.2) is 0 Å². The van der Waals surface area contributed by atoms with Gasteiger partial charge in [-0.05, 0) is 20.0 Å². The molecular formula is C11H18N4. The molecule has 3 rings (SSSR count). The highest BCUT2D eigenvalue weighted by atomic mass is 15.3. The van der Waals surface area contributed by atoms with Crippen molar-refractivity contribution in [2.24, 2.45) is 7.05 Å². The first kappa shape index (κ1) is 9.36. The van der Waals surface area contributed by atoms with Crippen molar-refractivity contribution in [1.82, 2.24) is 20.0 Å². The van der Waals surface area contributed by atoms with Gasteiger partial charge in [0.1, 0.15) is 0 Å². The first-order chi connectivity index (χ1) is 7.25. The van der Waals surface area contributed by atoms with Gasteiger partial charge < -0.3 is 10.2 Å². The normalized spacial score (nSPS) is 26.1. The van der Waals surface area contributed by atoms with Crippen LogP contribution in [0.4, 0.5) is 0 Å². The van der Waals surface area contributed by atoms with Gasteiger partial charge in [0, 0.05) is 38.2 Å². The third-order valence-corrected chi connectivity index (χ3v) is 3.68. The van der Waals surface area contributed by atoms with Crippen molar-refractivity contribution in [3.63, 3.8) is 0 Å². The smallest absolute Gasteiger partial charge is 0.0717 e. The largest absolute Gasteiger partial charge is 0.307 e. The summed E-state index contributed by atoms with van der Waals surface area (Å²) < 4.78 is 2.06. The lowest BCUT2D eigenvalue weighted by Gasteiger charge is -2.09. The van der Waals surface area contributed by atoms with E-state index in [9.17, 15) is 0 Å². The van der Waals surface area contributed by atoms with E-state index in [1.165, 1.54) is 36.5 Å². The van der Waals surface area contributed by atoms with Crippen LogP contribution < -0.4 is 5.32 Å². The SMILES string of the molecule is CN1CCC(c2nn(C)c3c2CNC3)C1. The molecular weight excluding hydrogens is 188 g/mol. The minimum absolute atomic E-state index is 0.657. The summed E-state index contributed by atoms with van der Waals surface area (Å²) in [6, 6.07) is 0. The lowest BCUT2D eigenvalue weighted by atomic mass is 10.0. The van der Waals surface area contributed by atoms with Gasteiger partial charge in [0.15, 0.2) is 0 Å². The van der Waals surface area contributed by atoms with Gasteiger partial charge in [-0.3, -0.25) is 4.68 Å². The Morgan fingerprint density at radius 1 is 1.33 bits per heavy atom. The van der Waals surface area contributed by atoms with Crippen LogP contribution in [0.5, 0.6) is 0 Å². The Labute approximate surface area is 90.3 Å². The first-order valence-corrected chi connectivity index (χ1v) is 5.69. The molecule has 0 radical (unpaired) electrons. The topological polar surface area (TPSA) is 33.1 Å². The van der Waals surface area contributed by atoms with Crippen LogP contribution in [-0.2, 0) is 20.1 Å². The summed E-state index contributed by atoms with van der Waals surface area (Å²) in [7, 11) is 4.26. The zero-order chi connectivity index (χ0) is 10.4. The van der Waals surface area contributed by atoms with Crippen LogP contribution in [0.1, 0.15) is 29.3 Å². The number of aryl methyl sites for hydroxylation is 1. The molecule has 4 heteroatoms. The van der Waals surface area contributed by atoms with Gasteiger partial charge in [-0.1, -0.05) is 0 Å². The number of nitrogens with one attached hydrogen (secondary N) is 1. The molecule has 1 N–H and O–H groups in total. The third kappa shape index (κ3) is 1.40. The molecule has 0 saturated carbocycles. The monoisotopic (exact) mass is 206 g/mol. The predicted molar refractivity (Wildman–Crippen MR) is 58.6 cm³/mol. The van der Waals surface area contributed by atoms with E-state index in [1.54, 1.807) is 0 Å². The lowest BCUT2D eigenvalue weighted by molar-refractivity contribution is 0.410. The van der Waals surface area contributed by atoms with Crippen LogP contribution >= 0.6 is 0 Å². The number of likely N-dealkylation sites (tertiary alicyclic amines) is 1. The molecule has 1 atom stereocenters. The fraction of sp³-hybridized carbons (Fsp3) is 0.727. The molecule has 3 heterocycles. The minimum atomic E-state index is 0.657. The Balaban J connectivity index is 1.95. The molecule has 82 valence electrons. The number of hydrogen-bond acceptors (Lipinski definition) is 3. The molecule has 0 spiro atoms. The fourth-order valence-corrected chi connectivity index (χ4v) is 2.83. The van der Waals surface area contributed by atoms with Gasteiger partial charge in [-0.2, -0.15) is 5.10 Å². The van der Waals surface area contributed by atoms with Crippen LogP contribution in [0.2, 0.25) is 0 Å². The van der Waals surface area contributed by atoms with E-state index in [4.69, 9.17) is 5.10 Å². The minimum Gasteiger partial charge on any atom is -0.307 e. The predicted octanol–water partition coefficient (Wildman–Crippen LogP) is 0.442. The molecule has 1 saturated heterocycles. The van der Waals surface area contributed by atoms with E-state index >= 15 is 0 Å². The molecule has 0 aliphatic carbocycles. The maximum Gasteiger partial charge on any atom is 0.0717 e. The van der Waals surface area contributed by atoms with E-state index in [0.717, 1.165) is 13.1 Å². The molecule has 1 aromatic rings. The van der Waals surface area contributed by atoms with E-state index < -0.39 is 0 Å². The van der Waals surface area contributed by atoms with Crippen LogP contribution in [0.3, 0.4) is 0 Å². The lowest BCUT2D eigenvalue weighted by Crippen LogP contribution is -2.14. The van der Waals surface area contributed by atoms with Crippen LogP contribution in [0.25, 0.3) is 0 Å². The molecule has 2 aliphatic heterocycles. The molecule has 4 nitrogen and oxygen atoms in total. The number of nitrogens with zero attached hydrogens (tertiary/aromatic N) is 3. The van der Waals surface area contributed by atoms with Crippen molar-refractivity contribution in [2.75, 3.05) is 20.1 Å². The quantitative estimate of drug-likeness (QED) is 0.724. The highest BCUT2D eigenvalue weighted by Gasteiger charge is 2.29. The molecule has 0 aromatic carbocycles. The summed E-state index contributed by atoms with van der Waals surface area (Å²) in [6.07, 6.45) is 1.26. The van der Waals surface area contributed by atoms with Gasteiger partial charge in [0.05, 0.1) is 11.4 Å². The zero-order valence-electron chi connectivity index (χ0n) is 9.45. The maximum atomic E-state index is 4.70. The van der Waals surface area contributed by atoms with E-state index in [2.05, 4.69) is 29.0 Å². The number of likely N-dealkylation sites (N-methyl/N-ethyl adjacent to an activating group) is 1. The number of aromatic nitrogens is 2. The number of hydrogen-bond donors (Lipinski definition) is 1. The second-order valence-electron chi connectivity index (χ2n) is 4.79. The van der Waals surface area contributed by atoms with Crippen LogP contribution in [0, 0.1) is 0 Å². The van der Waals surface area contributed by atoms with Crippen molar-refractivity contribution < 1.29 is 0 Å². The van der Waals surface area contributed by atoms with Crippen LogP contribution in [-0.4, -0.2) is 34.8 Å². The van der Waals surface area contributed by atoms with E-state index in [0.29, 0.717) is 5.92 Å². The van der Waals surface area contributed by atoms with E-state index in [1.807, 2.05) is 0 Å². The van der Waals surface area contributed by atoms with Gasteiger partial charge in [0.25, 0.3) is 0 Å². The standard InChI is InChI=1S/C11H18N4/c1-14-4-3-8(7-14)11-9-5-12-6-10(9)15(2)13-11/h8,12H,3-7H2,1-2H3. The third-order valence-electron chi connectivity index (χ3n) is 3.68. The summed E-state index contributed by atoms with van der Waals surface area (Å²) in [5.41, 5.74) is 4.21. The van der Waals surface area contributed by atoms with Crippen molar-refractivity contribution in [3.8, 4) is 0 Å². The summed E-state index contributed by atoms with van der Waals surface area (Å²) in [5.74, 6) is 0.657. The molecule has 1 aromatic heterocycles. The second-order valence-corrected chi connectivity index (χ2v) is 4.79. The van der Waals surface area contributed by atoms with Gasteiger partial charge in [-0.25, -0.2) is 0 Å². The Kier molecular flexibility index (Phi) is 2.07. The molecule has 1 unspecified atom stereocenters. The summed E-state index contributed by atoms with van der Waals surface area (Å²) >= 11 is 0. The Morgan fingerprint density at radius 3 is 2.93 bits per heavy atom. The fourth-order valence-electron chi connectivity index (χ4n) is 2.83. The molecule has 0 amide bonds. The summed E-state index contributed by atoms with van der Waals surface area (Å²) in [5, 5.41) is 8.11. The molecule has 15 heavy (non-hydrogen) atoms. The van der Waals surface area contributed by atoms with Crippen molar-refractivity contribution in [1.29, 1.82) is 0 Å². The highest BCUT2D eigenvalue weighted by molar-refractivity contribution is 5.32. The first-order valence-electron chi connectivity index (χ1n) is 5.69. The average molecular weight is 206 g/mol. The highest BCUT2D eigenvalue weighted by Crippen LogP contribution is 2.31. The zero-order valence-corrected chi connectivity index (χ0v) is 9.45. The van der Waals surface area contributed by atoms with E-state index in [-0.39, 0.29) is 0 Å². The number of fused-ring (bicyclic) bond motifs is 1. The molecule has 2 aliphatic rings. The Bertz CT molecular complexity index is 382. The maximum absolute atomic E-state index is 4.70. The Morgan fingerprint density at radius 2 is 2.20 bits per heavy atom. The van der Waals surface area contributed by atoms with Gasteiger partial charge >= 0.3 is 0 Å². The Hall–Kier alpha value is -0.870. The summed E-state index contributed by atoms with van der Waals surface area (Å²) in [6.45, 7) is 4.38. The number of rotatable bonds is 1. The van der Waals surface area contributed by atoms with Gasteiger partial charge in [-0.15, -0.1) is 0 Å². The summed E-state index contributed by atoms with van der Waals surface area (Å²) in [4.78, 5) is 2.40. The second kappa shape index (κ2) is 3.32. The van der Waals surface area contributed by atoms with Gasteiger partial charge in [0.2, 0.25) is 0 Å². The van der Waals surface area contributed by atoms with Crippen molar-refractivity contribution in [2.45, 2.75) is 25.4 Å². The van der Waals surface area contributed by atoms with Crippen molar-refractivity contribution >= 4 is 0 Å². The van der Waals surface area contributed by atoms with Crippen molar-refractivity contribution in [3.05, 3.63) is 17.0 Å². The molecule has 0 bridgehead atoms. The molecule has 1 fully saturated rings.